The largest absolute Gasteiger partial charge is 0.369 e. The highest BCUT2D eigenvalue weighted by molar-refractivity contribution is 7.90. The van der Waals surface area contributed by atoms with E-state index in [1.165, 1.54) is 37.5 Å². The third kappa shape index (κ3) is 3.18. The number of nitrogens with one attached hydrogen (secondary N) is 1. The van der Waals surface area contributed by atoms with Gasteiger partial charge in [-0.2, -0.15) is 0 Å². The molecule has 1 aromatic carbocycles. The third-order valence-corrected chi connectivity index (χ3v) is 7.32. The molecule has 0 radical (unpaired) electrons. The SMILES string of the molecule is CN1C(N)=NC2(c3cc(NC(=O)c4ccc(Cl)cn4)ccc3F)CCOC2S1(=O)=O. The Balaban J connectivity index is 1.75. The van der Waals surface area contributed by atoms with Crippen molar-refractivity contribution in [2.75, 3.05) is 19.0 Å². The molecule has 1 aromatic heterocycles. The Bertz CT molecular complexity index is 1160. The summed E-state index contributed by atoms with van der Waals surface area (Å²) in [5.74, 6) is -1.50. The van der Waals surface area contributed by atoms with Gasteiger partial charge in [0.2, 0.25) is 11.4 Å². The second-order valence-corrected chi connectivity index (χ2v) is 9.31. The van der Waals surface area contributed by atoms with Gasteiger partial charge in [0, 0.05) is 30.9 Å². The zero-order valence-electron chi connectivity index (χ0n) is 15.7. The number of aliphatic imine (C=N–C) groups is 1. The Hall–Kier alpha value is -2.76. The van der Waals surface area contributed by atoms with Crippen LogP contribution in [0.25, 0.3) is 0 Å². The van der Waals surface area contributed by atoms with Crippen LogP contribution in [0.15, 0.2) is 41.5 Å². The van der Waals surface area contributed by atoms with Gasteiger partial charge in [-0.25, -0.2) is 27.1 Å². The van der Waals surface area contributed by atoms with Gasteiger partial charge >= 0.3 is 0 Å². The number of fused-ring (bicyclic) bond motifs is 1. The van der Waals surface area contributed by atoms with Crippen molar-refractivity contribution < 1.29 is 22.3 Å². The number of hydrogen-bond acceptors (Lipinski definition) is 7. The molecule has 2 aromatic rings. The summed E-state index contributed by atoms with van der Waals surface area (Å²) in [5, 5.41) is 2.99. The van der Waals surface area contributed by atoms with Gasteiger partial charge in [-0.1, -0.05) is 11.6 Å². The number of pyridine rings is 1. The fourth-order valence-electron chi connectivity index (χ4n) is 3.53. The lowest BCUT2D eigenvalue weighted by atomic mass is 9.88. The van der Waals surface area contributed by atoms with E-state index in [4.69, 9.17) is 22.1 Å². The standard InChI is InChI=1S/C18H17ClFN5O4S/c1-25-17(21)24-18(6-7-29-16(18)30(25,27)28)12-8-11(3-4-13(12)20)23-15(26)14-5-2-10(19)9-22-14/h2-5,8-9,16H,6-7H2,1H3,(H2,21,24)(H,23,26). The summed E-state index contributed by atoms with van der Waals surface area (Å²) < 4.78 is 46.7. The smallest absolute Gasteiger partial charge is 0.274 e. The molecule has 9 nitrogen and oxygen atoms in total. The lowest BCUT2D eigenvalue weighted by molar-refractivity contribution is 0.102. The van der Waals surface area contributed by atoms with Crippen molar-refractivity contribution in [1.82, 2.24) is 9.29 Å². The summed E-state index contributed by atoms with van der Waals surface area (Å²) in [4.78, 5) is 20.7. The quantitative estimate of drug-likeness (QED) is 0.727. The third-order valence-electron chi connectivity index (χ3n) is 5.08. The highest BCUT2D eigenvalue weighted by Gasteiger charge is 2.58. The van der Waals surface area contributed by atoms with Gasteiger partial charge in [0.25, 0.3) is 15.9 Å². The molecule has 1 amide bonds. The van der Waals surface area contributed by atoms with E-state index in [0.717, 1.165) is 10.4 Å². The van der Waals surface area contributed by atoms with Crippen LogP contribution >= 0.6 is 11.6 Å². The first-order valence-corrected chi connectivity index (χ1v) is 10.7. The van der Waals surface area contributed by atoms with Gasteiger partial charge in [0.1, 0.15) is 17.1 Å². The molecule has 158 valence electrons. The molecule has 30 heavy (non-hydrogen) atoms. The molecule has 2 atom stereocenters. The van der Waals surface area contributed by atoms with Gasteiger partial charge in [-0.3, -0.25) is 4.79 Å². The number of carbonyl (C=O) groups is 1. The number of carbonyl (C=O) groups excluding carboxylic acids is 1. The van der Waals surface area contributed by atoms with Crippen LogP contribution < -0.4 is 11.1 Å². The molecular weight excluding hydrogens is 437 g/mol. The molecule has 2 aliphatic rings. The fourth-order valence-corrected chi connectivity index (χ4v) is 5.29. The molecule has 0 saturated carbocycles. The first kappa shape index (κ1) is 20.5. The summed E-state index contributed by atoms with van der Waals surface area (Å²) in [6, 6.07) is 6.77. The van der Waals surface area contributed by atoms with E-state index in [0.29, 0.717) is 5.02 Å². The summed E-state index contributed by atoms with van der Waals surface area (Å²) in [6.07, 6.45) is 1.44. The van der Waals surface area contributed by atoms with Crippen molar-refractivity contribution in [3.8, 4) is 0 Å². The molecule has 3 heterocycles. The van der Waals surface area contributed by atoms with Crippen LogP contribution in [0.1, 0.15) is 22.5 Å². The zero-order valence-corrected chi connectivity index (χ0v) is 17.2. The average Bonchev–Trinajstić information content (AvgIpc) is 3.14. The van der Waals surface area contributed by atoms with Crippen LogP contribution in [-0.2, 0) is 20.3 Å². The number of aromatic nitrogens is 1. The van der Waals surface area contributed by atoms with E-state index in [-0.39, 0.29) is 35.9 Å². The molecule has 2 unspecified atom stereocenters. The Kier molecular flexibility index (Phi) is 4.91. The molecule has 1 fully saturated rings. The number of halogens is 2. The number of nitrogens with zero attached hydrogens (tertiary/aromatic N) is 3. The van der Waals surface area contributed by atoms with Crippen molar-refractivity contribution in [2.24, 2.45) is 10.7 Å². The lowest BCUT2D eigenvalue weighted by Gasteiger charge is -2.38. The van der Waals surface area contributed by atoms with Crippen molar-refractivity contribution in [3.05, 3.63) is 58.6 Å². The number of sulfonamides is 1. The number of rotatable bonds is 3. The maximum absolute atomic E-state index is 14.9. The Labute approximate surface area is 176 Å². The lowest BCUT2D eigenvalue weighted by Crippen LogP contribution is -2.55. The topological polar surface area (TPSA) is 127 Å². The van der Waals surface area contributed by atoms with E-state index in [1.807, 2.05) is 0 Å². The summed E-state index contributed by atoms with van der Waals surface area (Å²) in [7, 11) is -2.76. The van der Waals surface area contributed by atoms with Crippen LogP contribution in [0.3, 0.4) is 0 Å². The molecule has 1 saturated heterocycles. The normalized spacial score (nSPS) is 24.8. The number of guanidine groups is 1. The second kappa shape index (κ2) is 7.18. The van der Waals surface area contributed by atoms with Gasteiger partial charge in [0.15, 0.2) is 0 Å². The number of ether oxygens (including phenoxy) is 1. The Morgan fingerprint density at radius 1 is 1.40 bits per heavy atom. The molecule has 3 N–H and O–H groups in total. The highest BCUT2D eigenvalue weighted by Crippen LogP contribution is 2.46. The minimum atomic E-state index is -4.02. The maximum Gasteiger partial charge on any atom is 0.274 e. The number of nitrogens with two attached hydrogens (primary N) is 1. The van der Waals surface area contributed by atoms with Crippen LogP contribution in [0.4, 0.5) is 10.1 Å². The Morgan fingerprint density at radius 3 is 2.87 bits per heavy atom. The van der Waals surface area contributed by atoms with Crippen LogP contribution in [0.5, 0.6) is 0 Å². The first-order valence-electron chi connectivity index (χ1n) is 8.83. The van der Waals surface area contributed by atoms with E-state index in [1.54, 1.807) is 0 Å². The van der Waals surface area contributed by atoms with Gasteiger partial charge < -0.3 is 15.8 Å². The molecule has 2 aliphatic heterocycles. The van der Waals surface area contributed by atoms with E-state index < -0.39 is 32.7 Å². The highest BCUT2D eigenvalue weighted by atomic mass is 35.5. The number of anilines is 1. The van der Waals surface area contributed by atoms with E-state index in [9.17, 15) is 17.6 Å². The fraction of sp³-hybridized carbons (Fsp3) is 0.278. The van der Waals surface area contributed by atoms with E-state index >= 15 is 0 Å². The van der Waals surface area contributed by atoms with Gasteiger partial charge in [0.05, 0.1) is 11.6 Å². The molecule has 4 rings (SSSR count). The van der Waals surface area contributed by atoms with E-state index in [2.05, 4.69) is 15.3 Å². The summed E-state index contributed by atoms with van der Waals surface area (Å²) in [5.41, 5.74) is 3.14. The average molecular weight is 454 g/mol. The van der Waals surface area contributed by atoms with Crippen molar-refractivity contribution in [2.45, 2.75) is 17.4 Å². The first-order chi connectivity index (χ1) is 14.1. The van der Waals surface area contributed by atoms with Crippen LogP contribution in [0, 0.1) is 5.82 Å². The van der Waals surface area contributed by atoms with Gasteiger partial charge in [-0.05, 0) is 30.3 Å². The predicted octanol–water partition coefficient (Wildman–Crippen LogP) is 1.66. The minimum absolute atomic E-state index is 0.0357. The number of benzene rings is 1. The molecular formula is C18H17ClFN5O4S. The Morgan fingerprint density at radius 2 is 2.17 bits per heavy atom. The maximum atomic E-state index is 14.9. The monoisotopic (exact) mass is 453 g/mol. The molecule has 0 bridgehead atoms. The van der Waals surface area contributed by atoms with Crippen molar-refractivity contribution in [3.63, 3.8) is 0 Å². The second-order valence-electron chi connectivity index (χ2n) is 6.87. The molecule has 12 heteroatoms. The predicted molar refractivity (Wildman–Crippen MR) is 108 cm³/mol. The van der Waals surface area contributed by atoms with Crippen molar-refractivity contribution in [1.29, 1.82) is 0 Å². The summed E-state index contributed by atoms with van der Waals surface area (Å²) in [6.45, 7) is 0.0548. The molecule has 0 aliphatic carbocycles. The van der Waals surface area contributed by atoms with Crippen molar-refractivity contribution >= 4 is 39.2 Å². The minimum Gasteiger partial charge on any atom is -0.369 e. The van der Waals surface area contributed by atoms with Gasteiger partial charge in [-0.15, -0.1) is 0 Å². The zero-order chi connectivity index (χ0) is 21.7. The number of hydrogen-bond donors (Lipinski definition) is 2. The van der Waals surface area contributed by atoms with Crippen LogP contribution in [-0.4, -0.2) is 48.7 Å². The summed E-state index contributed by atoms with van der Waals surface area (Å²) >= 11 is 5.77. The van der Waals surface area contributed by atoms with Crippen LogP contribution in [0.2, 0.25) is 5.02 Å². The number of amides is 1. The molecule has 0 spiro atoms.